The molecule has 0 saturated carbocycles. The van der Waals surface area contributed by atoms with Crippen LogP contribution in [0.15, 0.2) is 5.38 Å². The molecule has 0 amide bonds. The third kappa shape index (κ3) is 2.15. The van der Waals surface area contributed by atoms with Crippen molar-refractivity contribution < 1.29 is 0 Å². The van der Waals surface area contributed by atoms with Gasteiger partial charge in [0.25, 0.3) is 0 Å². The fraction of sp³-hybridized carbons (Fsp3) is 0.500. The van der Waals surface area contributed by atoms with E-state index in [0.29, 0.717) is 5.15 Å². The van der Waals surface area contributed by atoms with E-state index >= 15 is 0 Å². The molecule has 0 radical (unpaired) electrons. The van der Waals surface area contributed by atoms with Crippen LogP contribution < -0.4 is 5.32 Å². The van der Waals surface area contributed by atoms with Gasteiger partial charge in [0, 0.05) is 11.9 Å². The van der Waals surface area contributed by atoms with Crippen LogP contribution in [0.1, 0.15) is 13.3 Å². The Morgan fingerprint density at radius 1 is 1.80 bits per heavy atom. The summed E-state index contributed by atoms with van der Waals surface area (Å²) in [5.41, 5.74) is 0. The Labute approximate surface area is 69.2 Å². The standard InChI is InChI=1S/C6H9ClN2S/c1-2-3-8-6-9-5(7)4-10-6/h4H,2-3H2,1H3,(H,8,9). The third-order valence-corrected chi connectivity index (χ3v) is 2.13. The molecule has 0 atom stereocenters. The minimum absolute atomic E-state index is 0.573. The van der Waals surface area contributed by atoms with E-state index in [-0.39, 0.29) is 0 Å². The van der Waals surface area contributed by atoms with Crippen molar-refractivity contribution >= 4 is 28.1 Å². The first-order valence-electron chi connectivity index (χ1n) is 3.18. The van der Waals surface area contributed by atoms with Crippen LogP contribution >= 0.6 is 22.9 Å². The molecule has 0 aliphatic rings. The monoisotopic (exact) mass is 176 g/mol. The Morgan fingerprint density at radius 2 is 2.60 bits per heavy atom. The molecular formula is C6H9ClN2S. The third-order valence-electron chi connectivity index (χ3n) is 1.00. The first-order chi connectivity index (χ1) is 4.83. The lowest BCUT2D eigenvalue weighted by molar-refractivity contribution is 0.976. The van der Waals surface area contributed by atoms with Crippen LogP contribution in [0.5, 0.6) is 0 Å². The zero-order valence-electron chi connectivity index (χ0n) is 5.72. The highest BCUT2D eigenvalue weighted by Crippen LogP contribution is 2.18. The topological polar surface area (TPSA) is 24.9 Å². The maximum atomic E-state index is 5.60. The van der Waals surface area contributed by atoms with Gasteiger partial charge in [0.05, 0.1) is 0 Å². The first-order valence-corrected chi connectivity index (χ1v) is 4.43. The fourth-order valence-corrected chi connectivity index (χ4v) is 1.43. The number of nitrogens with one attached hydrogen (secondary N) is 1. The van der Waals surface area contributed by atoms with Crippen molar-refractivity contribution in [1.29, 1.82) is 0 Å². The number of rotatable bonds is 3. The van der Waals surface area contributed by atoms with Crippen molar-refractivity contribution in [3.05, 3.63) is 10.5 Å². The molecule has 56 valence electrons. The van der Waals surface area contributed by atoms with Crippen molar-refractivity contribution in [2.45, 2.75) is 13.3 Å². The van der Waals surface area contributed by atoms with Crippen molar-refractivity contribution in [3.63, 3.8) is 0 Å². The van der Waals surface area contributed by atoms with Crippen LogP contribution in [0.2, 0.25) is 5.15 Å². The Balaban J connectivity index is 2.42. The molecule has 0 aliphatic heterocycles. The molecule has 2 nitrogen and oxygen atoms in total. The maximum Gasteiger partial charge on any atom is 0.184 e. The number of anilines is 1. The zero-order valence-corrected chi connectivity index (χ0v) is 7.30. The lowest BCUT2D eigenvalue weighted by Gasteiger charge is -1.95. The van der Waals surface area contributed by atoms with Gasteiger partial charge in [-0.1, -0.05) is 18.5 Å². The SMILES string of the molecule is CCCNc1nc(Cl)cs1. The summed E-state index contributed by atoms with van der Waals surface area (Å²) >= 11 is 7.13. The molecule has 1 N–H and O–H groups in total. The quantitative estimate of drug-likeness (QED) is 0.766. The second-order valence-electron chi connectivity index (χ2n) is 1.90. The van der Waals surface area contributed by atoms with E-state index < -0.39 is 0 Å². The molecule has 0 spiro atoms. The summed E-state index contributed by atoms with van der Waals surface area (Å²) < 4.78 is 0. The van der Waals surface area contributed by atoms with Gasteiger partial charge in [0.15, 0.2) is 5.13 Å². The normalized spacial score (nSPS) is 9.80. The number of thiazole rings is 1. The van der Waals surface area contributed by atoms with Gasteiger partial charge in [-0.3, -0.25) is 0 Å². The summed E-state index contributed by atoms with van der Waals surface area (Å²) in [4.78, 5) is 4.02. The van der Waals surface area contributed by atoms with Crippen LogP contribution in [0.4, 0.5) is 5.13 Å². The first kappa shape index (κ1) is 7.82. The Kier molecular flexibility index (Phi) is 2.96. The number of hydrogen-bond donors (Lipinski definition) is 1. The summed E-state index contributed by atoms with van der Waals surface area (Å²) in [6, 6.07) is 0. The van der Waals surface area contributed by atoms with Crippen LogP contribution in [-0.4, -0.2) is 11.5 Å². The second-order valence-corrected chi connectivity index (χ2v) is 3.15. The van der Waals surface area contributed by atoms with E-state index in [1.807, 2.05) is 5.38 Å². The largest absolute Gasteiger partial charge is 0.361 e. The number of hydrogen-bond acceptors (Lipinski definition) is 3. The predicted octanol–water partition coefficient (Wildman–Crippen LogP) is 2.62. The van der Waals surface area contributed by atoms with Gasteiger partial charge in [-0.15, -0.1) is 11.3 Å². The molecule has 10 heavy (non-hydrogen) atoms. The molecule has 1 aromatic rings. The molecule has 1 heterocycles. The van der Waals surface area contributed by atoms with Gasteiger partial charge in [0.2, 0.25) is 0 Å². The number of aromatic nitrogens is 1. The average Bonchev–Trinajstić information content (AvgIpc) is 2.31. The molecule has 1 aromatic heterocycles. The highest BCUT2D eigenvalue weighted by molar-refractivity contribution is 7.14. The van der Waals surface area contributed by atoms with Gasteiger partial charge in [0.1, 0.15) is 5.15 Å². The van der Waals surface area contributed by atoms with E-state index in [2.05, 4.69) is 17.2 Å². The lowest BCUT2D eigenvalue weighted by atomic mass is 10.5. The van der Waals surface area contributed by atoms with Gasteiger partial charge in [-0.2, -0.15) is 0 Å². The zero-order chi connectivity index (χ0) is 7.40. The maximum absolute atomic E-state index is 5.60. The Morgan fingerprint density at radius 3 is 3.10 bits per heavy atom. The van der Waals surface area contributed by atoms with Crippen molar-refractivity contribution in [1.82, 2.24) is 4.98 Å². The summed E-state index contributed by atoms with van der Waals surface area (Å²) in [5, 5.41) is 6.44. The fourth-order valence-electron chi connectivity index (χ4n) is 0.567. The van der Waals surface area contributed by atoms with E-state index in [9.17, 15) is 0 Å². The van der Waals surface area contributed by atoms with Crippen LogP contribution in [0.25, 0.3) is 0 Å². The molecule has 0 saturated heterocycles. The van der Waals surface area contributed by atoms with Crippen LogP contribution in [0, 0.1) is 0 Å². The van der Waals surface area contributed by atoms with E-state index in [1.54, 1.807) is 0 Å². The molecule has 0 unspecified atom stereocenters. The Bertz CT molecular complexity index is 199. The number of halogens is 1. The molecule has 0 aromatic carbocycles. The van der Waals surface area contributed by atoms with Crippen molar-refractivity contribution in [2.75, 3.05) is 11.9 Å². The second kappa shape index (κ2) is 3.78. The van der Waals surface area contributed by atoms with E-state index in [1.165, 1.54) is 11.3 Å². The van der Waals surface area contributed by atoms with E-state index in [4.69, 9.17) is 11.6 Å². The predicted molar refractivity (Wildman–Crippen MR) is 45.9 cm³/mol. The molecule has 4 heteroatoms. The smallest absolute Gasteiger partial charge is 0.184 e. The number of nitrogens with zero attached hydrogens (tertiary/aromatic N) is 1. The summed E-state index contributed by atoms with van der Waals surface area (Å²) in [6.07, 6.45) is 1.11. The summed E-state index contributed by atoms with van der Waals surface area (Å²) in [6.45, 7) is 3.08. The van der Waals surface area contributed by atoms with Gasteiger partial charge in [-0.05, 0) is 6.42 Å². The van der Waals surface area contributed by atoms with Crippen molar-refractivity contribution in [3.8, 4) is 0 Å². The van der Waals surface area contributed by atoms with Gasteiger partial charge < -0.3 is 5.32 Å². The van der Waals surface area contributed by atoms with Gasteiger partial charge in [-0.25, -0.2) is 4.98 Å². The van der Waals surface area contributed by atoms with Crippen LogP contribution in [-0.2, 0) is 0 Å². The minimum atomic E-state index is 0.573. The molecule has 1 rings (SSSR count). The van der Waals surface area contributed by atoms with E-state index in [0.717, 1.165) is 18.1 Å². The molecule has 0 bridgehead atoms. The molecule has 0 fully saturated rings. The average molecular weight is 177 g/mol. The van der Waals surface area contributed by atoms with Gasteiger partial charge >= 0.3 is 0 Å². The lowest BCUT2D eigenvalue weighted by Crippen LogP contribution is -1.98. The Hall–Kier alpha value is -0.280. The van der Waals surface area contributed by atoms with Crippen LogP contribution in [0.3, 0.4) is 0 Å². The molecular weight excluding hydrogens is 168 g/mol. The van der Waals surface area contributed by atoms with Crippen molar-refractivity contribution in [2.24, 2.45) is 0 Å². The molecule has 0 aliphatic carbocycles. The summed E-state index contributed by atoms with van der Waals surface area (Å²) in [5.74, 6) is 0. The summed E-state index contributed by atoms with van der Waals surface area (Å²) in [7, 11) is 0. The minimum Gasteiger partial charge on any atom is -0.361 e. The highest BCUT2D eigenvalue weighted by Gasteiger charge is 1.95. The highest BCUT2D eigenvalue weighted by atomic mass is 35.5.